The molecule has 0 atom stereocenters. The Hall–Kier alpha value is -2.65. The number of imidazole rings is 1. The normalized spacial score (nSPS) is 12.3. The van der Waals surface area contributed by atoms with Crippen LogP contribution in [0.1, 0.15) is 56.2 Å². The Balaban J connectivity index is 2.09. The van der Waals surface area contributed by atoms with Crippen molar-refractivity contribution in [3.8, 4) is 17.1 Å². The van der Waals surface area contributed by atoms with Gasteiger partial charge in [0.15, 0.2) is 0 Å². The number of rotatable bonds is 5. The van der Waals surface area contributed by atoms with Crippen LogP contribution in [-0.4, -0.2) is 17.6 Å². The van der Waals surface area contributed by atoms with Crippen LogP contribution in [0.3, 0.4) is 0 Å². The Labute approximate surface area is 194 Å². The summed E-state index contributed by atoms with van der Waals surface area (Å²) in [5, 5.41) is 1.49. The molecule has 0 radical (unpaired) electrons. The second kappa shape index (κ2) is 8.36. The van der Waals surface area contributed by atoms with Gasteiger partial charge in [0.1, 0.15) is 5.82 Å². The second-order valence-electron chi connectivity index (χ2n) is 10.6. The molecule has 0 saturated carbocycles. The molecule has 0 unspecified atom stereocenters. The summed E-state index contributed by atoms with van der Waals surface area (Å²) in [6, 6.07) is 22.3. The van der Waals surface area contributed by atoms with Crippen molar-refractivity contribution < 1.29 is 0 Å². The highest BCUT2D eigenvalue weighted by atomic mass is 28.3. The van der Waals surface area contributed by atoms with Crippen LogP contribution >= 0.6 is 0 Å². The summed E-state index contributed by atoms with van der Waals surface area (Å²) in [5.41, 5.74) is 8.78. The van der Waals surface area contributed by atoms with Gasteiger partial charge >= 0.3 is 0 Å². The molecule has 32 heavy (non-hydrogen) atoms. The average Bonchev–Trinajstić information content (AvgIpc) is 3.11. The number of aryl methyl sites for hydroxylation is 1. The number of fused-ring (bicyclic) bond motifs is 1. The standard InChI is InChI=1S/C29H36N2Si/c1-19(2)23-12-11-13-24(20(3)4)28(23)31-27-15-10-9-14-26(27)30-29(31)25-17-16-22(18-21(25)5)32(6,7)8/h9-20H,1-8H3. The number of aromatic nitrogens is 2. The third-order valence-electron chi connectivity index (χ3n) is 6.46. The first-order valence-corrected chi connectivity index (χ1v) is 15.3. The fourth-order valence-electron chi connectivity index (χ4n) is 4.58. The zero-order valence-electron chi connectivity index (χ0n) is 20.8. The van der Waals surface area contributed by atoms with E-state index in [1.165, 1.54) is 38.6 Å². The van der Waals surface area contributed by atoms with Gasteiger partial charge in [-0.15, -0.1) is 0 Å². The van der Waals surface area contributed by atoms with Gasteiger partial charge in [-0.05, 0) is 47.6 Å². The molecule has 0 fully saturated rings. The molecule has 0 saturated heterocycles. The molecule has 3 heteroatoms. The zero-order chi connectivity index (χ0) is 23.2. The Morgan fingerprint density at radius 3 is 1.97 bits per heavy atom. The van der Waals surface area contributed by atoms with Crippen LogP contribution in [0.5, 0.6) is 0 Å². The topological polar surface area (TPSA) is 17.8 Å². The molecule has 0 aliphatic carbocycles. The lowest BCUT2D eigenvalue weighted by Gasteiger charge is -2.23. The number of para-hydroxylation sites is 3. The summed E-state index contributed by atoms with van der Waals surface area (Å²) in [6.07, 6.45) is 0. The minimum absolute atomic E-state index is 0.424. The van der Waals surface area contributed by atoms with Crippen LogP contribution < -0.4 is 5.19 Å². The second-order valence-corrected chi connectivity index (χ2v) is 15.7. The van der Waals surface area contributed by atoms with Crippen molar-refractivity contribution >= 4 is 24.3 Å². The van der Waals surface area contributed by atoms with Crippen molar-refractivity contribution in [1.29, 1.82) is 0 Å². The fourth-order valence-corrected chi connectivity index (χ4v) is 5.82. The predicted molar refractivity (Wildman–Crippen MR) is 142 cm³/mol. The van der Waals surface area contributed by atoms with Crippen LogP contribution in [0.4, 0.5) is 0 Å². The van der Waals surface area contributed by atoms with Gasteiger partial charge in [0.05, 0.1) is 24.8 Å². The molecule has 0 spiro atoms. The van der Waals surface area contributed by atoms with E-state index in [4.69, 9.17) is 4.98 Å². The summed E-state index contributed by atoms with van der Waals surface area (Å²) < 4.78 is 2.43. The first kappa shape index (κ1) is 22.5. The van der Waals surface area contributed by atoms with Crippen molar-refractivity contribution in [2.75, 3.05) is 0 Å². The monoisotopic (exact) mass is 440 g/mol. The minimum atomic E-state index is -1.37. The molecule has 0 aliphatic rings. The molecular weight excluding hydrogens is 404 g/mol. The number of nitrogens with zero attached hydrogens (tertiary/aromatic N) is 2. The van der Waals surface area contributed by atoms with Crippen molar-refractivity contribution in [2.24, 2.45) is 0 Å². The predicted octanol–water partition coefficient (Wildman–Crippen LogP) is 7.79. The molecule has 0 amide bonds. The Morgan fingerprint density at radius 2 is 1.41 bits per heavy atom. The summed E-state index contributed by atoms with van der Waals surface area (Å²) in [4.78, 5) is 5.19. The van der Waals surface area contributed by atoms with E-state index in [-0.39, 0.29) is 0 Å². The van der Waals surface area contributed by atoms with E-state index in [9.17, 15) is 0 Å². The molecule has 0 aliphatic heterocycles. The third-order valence-corrected chi connectivity index (χ3v) is 8.50. The van der Waals surface area contributed by atoms with Crippen molar-refractivity contribution in [1.82, 2.24) is 9.55 Å². The average molecular weight is 441 g/mol. The fraction of sp³-hybridized carbons (Fsp3) is 0.345. The van der Waals surface area contributed by atoms with E-state index >= 15 is 0 Å². The van der Waals surface area contributed by atoms with Crippen molar-refractivity contribution in [2.45, 2.75) is 66.1 Å². The van der Waals surface area contributed by atoms with Gasteiger partial charge in [0.2, 0.25) is 0 Å². The van der Waals surface area contributed by atoms with Gasteiger partial charge in [-0.25, -0.2) is 4.98 Å². The Bertz CT molecular complexity index is 1250. The largest absolute Gasteiger partial charge is 0.292 e. The van der Waals surface area contributed by atoms with E-state index in [0.29, 0.717) is 11.8 Å². The Morgan fingerprint density at radius 1 is 0.781 bits per heavy atom. The smallest absolute Gasteiger partial charge is 0.146 e. The van der Waals surface area contributed by atoms with Gasteiger partial charge in [-0.1, -0.05) is 101 Å². The minimum Gasteiger partial charge on any atom is -0.292 e. The molecule has 0 bridgehead atoms. The van der Waals surface area contributed by atoms with E-state index < -0.39 is 8.07 Å². The zero-order valence-corrected chi connectivity index (χ0v) is 21.8. The van der Waals surface area contributed by atoms with Crippen LogP contribution in [0.25, 0.3) is 28.1 Å². The number of hydrogen-bond donors (Lipinski definition) is 0. The van der Waals surface area contributed by atoms with E-state index in [0.717, 1.165) is 11.3 Å². The molecule has 1 heterocycles. The molecule has 3 aromatic carbocycles. The van der Waals surface area contributed by atoms with E-state index in [1.807, 2.05) is 0 Å². The maximum atomic E-state index is 5.19. The lowest BCUT2D eigenvalue weighted by atomic mass is 9.92. The van der Waals surface area contributed by atoms with Crippen LogP contribution in [0.2, 0.25) is 19.6 Å². The number of benzene rings is 3. The summed E-state index contributed by atoms with van der Waals surface area (Å²) in [6.45, 7) is 18.6. The molecule has 1 aromatic heterocycles. The molecular formula is C29H36N2Si. The summed E-state index contributed by atoms with van der Waals surface area (Å²) in [7, 11) is -1.37. The summed E-state index contributed by atoms with van der Waals surface area (Å²) in [5.74, 6) is 1.89. The lowest BCUT2D eigenvalue weighted by Crippen LogP contribution is -2.37. The van der Waals surface area contributed by atoms with Gasteiger partial charge in [0.25, 0.3) is 0 Å². The first-order chi connectivity index (χ1) is 15.1. The van der Waals surface area contributed by atoms with Crippen LogP contribution in [0, 0.1) is 6.92 Å². The maximum Gasteiger partial charge on any atom is 0.146 e. The van der Waals surface area contributed by atoms with Gasteiger partial charge in [-0.2, -0.15) is 0 Å². The van der Waals surface area contributed by atoms with Crippen LogP contribution in [-0.2, 0) is 0 Å². The highest BCUT2D eigenvalue weighted by Crippen LogP contribution is 2.37. The van der Waals surface area contributed by atoms with Crippen molar-refractivity contribution in [3.05, 3.63) is 77.4 Å². The molecule has 2 nitrogen and oxygen atoms in total. The number of hydrogen-bond acceptors (Lipinski definition) is 1. The third kappa shape index (κ3) is 3.95. The Kier molecular flexibility index (Phi) is 5.89. The highest BCUT2D eigenvalue weighted by molar-refractivity contribution is 6.88. The van der Waals surface area contributed by atoms with Crippen molar-refractivity contribution in [3.63, 3.8) is 0 Å². The van der Waals surface area contributed by atoms with Gasteiger partial charge < -0.3 is 0 Å². The highest BCUT2D eigenvalue weighted by Gasteiger charge is 2.23. The lowest BCUT2D eigenvalue weighted by molar-refractivity contribution is 0.811. The van der Waals surface area contributed by atoms with Gasteiger partial charge in [-0.3, -0.25) is 4.57 Å². The van der Waals surface area contributed by atoms with E-state index in [1.54, 1.807) is 0 Å². The molecule has 4 aromatic rings. The first-order valence-electron chi connectivity index (χ1n) is 11.8. The van der Waals surface area contributed by atoms with E-state index in [2.05, 4.69) is 119 Å². The van der Waals surface area contributed by atoms with Crippen LogP contribution in [0.15, 0.2) is 60.7 Å². The quantitative estimate of drug-likeness (QED) is 0.290. The summed E-state index contributed by atoms with van der Waals surface area (Å²) >= 11 is 0. The SMILES string of the molecule is Cc1cc([Si](C)(C)C)ccc1-c1nc2ccccc2n1-c1c(C(C)C)cccc1C(C)C. The molecule has 4 rings (SSSR count). The molecule has 166 valence electrons. The molecule has 0 N–H and O–H groups in total. The van der Waals surface area contributed by atoms with Gasteiger partial charge in [0, 0.05) is 5.56 Å². The maximum absolute atomic E-state index is 5.19.